The number of aryl methyl sites for hydroxylation is 1. The van der Waals surface area contributed by atoms with Crippen LogP contribution in [0.1, 0.15) is 36.1 Å². The molecular formula is C19H23NOS. The van der Waals surface area contributed by atoms with E-state index in [1.54, 1.807) is 11.8 Å². The van der Waals surface area contributed by atoms with Gasteiger partial charge in [-0.2, -0.15) is 0 Å². The fourth-order valence-corrected chi connectivity index (χ4v) is 3.28. The van der Waals surface area contributed by atoms with Crippen molar-refractivity contribution in [2.24, 2.45) is 0 Å². The second-order valence-corrected chi connectivity index (χ2v) is 6.34. The Morgan fingerprint density at radius 3 is 2.45 bits per heavy atom. The van der Waals surface area contributed by atoms with Crippen LogP contribution in [0, 0.1) is 6.92 Å². The predicted octanol–water partition coefficient (Wildman–Crippen LogP) is 4.50. The van der Waals surface area contributed by atoms with E-state index in [1.807, 2.05) is 30.3 Å². The SMILES string of the molecule is CC[C@H](NC(=O)CSCc1ccccc1C)c1ccccc1. The number of carbonyl (C=O) groups is 1. The maximum absolute atomic E-state index is 12.1. The lowest BCUT2D eigenvalue weighted by Gasteiger charge is -2.17. The summed E-state index contributed by atoms with van der Waals surface area (Å²) < 4.78 is 0. The summed E-state index contributed by atoms with van der Waals surface area (Å²) in [7, 11) is 0. The maximum atomic E-state index is 12.1. The largest absolute Gasteiger partial charge is 0.349 e. The van der Waals surface area contributed by atoms with Gasteiger partial charge in [0.15, 0.2) is 0 Å². The van der Waals surface area contributed by atoms with Gasteiger partial charge >= 0.3 is 0 Å². The molecular weight excluding hydrogens is 290 g/mol. The minimum atomic E-state index is 0.104. The Kier molecular flexibility index (Phi) is 6.53. The first-order valence-electron chi connectivity index (χ1n) is 7.67. The zero-order valence-electron chi connectivity index (χ0n) is 13.2. The predicted molar refractivity (Wildman–Crippen MR) is 95.0 cm³/mol. The lowest BCUT2D eigenvalue weighted by Crippen LogP contribution is -2.29. The van der Waals surface area contributed by atoms with Crippen molar-refractivity contribution in [2.75, 3.05) is 5.75 Å². The van der Waals surface area contributed by atoms with Gasteiger partial charge in [-0.1, -0.05) is 61.5 Å². The number of nitrogens with one attached hydrogen (secondary N) is 1. The third kappa shape index (κ3) is 4.92. The number of thioether (sulfide) groups is 1. The third-order valence-electron chi connectivity index (χ3n) is 3.70. The minimum absolute atomic E-state index is 0.104. The number of hydrogen-bond donors (Lipinski definition) is 1. The van der Waals surface area contributed by atoms with E-state index in [1.165, 1.54) is 16.7 Å². The molecule has 116 valence electrons. The first kappa shape index (κ1) is 16.6. The van der Waals surface area contributed by atoms with Gasteiger partial charge in [-0.25, -0.2) is 0 Å². The smallest absolute Gasteiger partial charge is 0.230 e. The summed E-state index contributed by atoms with van der Waals surface area (Å²) in [5, 5.41) is 3.12. The van der Waals surface area contributed by atoms with Gasteiger partial charge in [0, 0.05) is 5.75 Å². The molecule has 22 heavy (non-hydrogen) atoms. The summed E-state index contributed by atoms with van der Waals surface area (Å²) in [6.07, 6.45) is 0.901. The Balaban J connectivity index is 1.81. The molecule has 0 saturated heterocycles. The molecule has 3 heteroatoms. The molecule has 2 rings (SSSR count). The van der Waals surface area contributed by atoms with Gasteiger partial charge in [0.05, 0.1) is 11.8 Å². The average molecular weight is 313 g/mol. The second kappa shape index (κ2) is 8.64. The minimum Gasteiger partial charge on any atom is -0.349 e. The molecule has 1 amide bonds. The molecule has 1 atom stereocenters. The van der Waals surface area contributed by atoms with Crippen LogP contribution in [0.4, 0.5) is 0 Å². The van der Waals surface area contributed by atoms with Crippen molar-refractivity contribution < 1.29 is 4.79 Å². The van der Waals surface area contributed by atoms with Gasteiger partial charge in [-0.3, -0.25) is 4.79 Å². The van der Waals surface area contributed by atoms with Crippen LogP contribution in [-0.2, 0) is 10.5 Å². The number of benzene rings is 2. The number of rotatable bonds is 7. The van der Waals surface area contributed by atoms with E-state index in [2.05, 4.69) is 43.4 Å². The van der Waals surface area contributed by atoms with Crippen LogP contribution in [-0.4, -0.2) is 11.7 Å². The Labute approximate surface area is 137 Å². The zero-order chi connectivity index (χ0) is 15.8. The molecule has 0 unspecified atom stereocenters. The highest BCUT2D eigenvalue weighted by Crippen LogP contribution is 2.18. The molecule has 0 spiro atoms. The highest BCUT2D eigenvalue weighted by atomic mass is 32.2. The van der Waals surface area contributed by atoms with Crippen LogP contribution in [0.5, 0.6) is 0 Å². The standard InChI is InChI=1S/C19H23NOS/c1-3-18(16-10-5-4-6-11-16)20-19(21)14-22-13-17-12-8-7-9-15(17)2/h4-12,18H,3,13-14H2,1-2H3,(H,20,21)/t18-/m0/s1. The normalized spacial score (nSPS) is 11.9. The number of amides is 1. The van der Waals surface area contributed by atoms with Crippen molar-refractivity contribution in [2.45, 2.75) is 32.1 Å². The van der Waals surface area contributed by atoms with Gasteiger partial charge in [-0.05, 0) is 30.0 Å². The lowest BCUT2D eigenvalue weighted by molar-refractivity contribution is -0.119. The average Bonchev–Trinajstić information content (AvgIpc) is 2.55. The van der Waals surface area contributed by atoms with Crippen LogP contribution in [0.2, 0.25) is 0 Å². The Morgan fingerprint density at radius 1 is 1.09 bits per heavy atom. The van der Waals surface area contributed by atoms with Crippen molar-refractivity contribution in [3.05, 3.63) is 71.3 Å². The molecule has 0 heterocycles. The van der Waals surface area contributed by atoms with Crippen LogP contribution in [0.3, 0.4) is 0 Å². The molecule has 0 aliphatic carbocycles. The molecule has 0 fully saturated rings. The summed E-state index contributed by atoms with van der Waals surface area (Å²) in [4.78, 5) is 12.1. The fraction of sp³-hybridized carbons (Fsp3) is 0.316. The molecule has 0 aromatic heterocycles. The number of hydrogen-bond acceptors (Lipinski definition) is 2. The summed E-state index contributed by atoms with van der Waals surface area (Å²) in [6.45, 7) is 4.21. The van der Waals surface area contributed by atoms with Crippen molar-refractivity contribution in [1.82, 2.24) is 5.32 Å². The van der Waals surface area contributed by atoms with Crippen LogP contribution < -0.4 is 5.32 Å². The number of carbonyl (C=O) groups excluding carboxylic acids is 1. The Bertz CT molecular complexity index is 597. The van der Waals surface area contributed by atoms with Gasteiger partial charge in [0.1, 0.15) is 0 Å². The first-order chi connectivity index (χ1) is 10.7. The lowest BCUT2D eigenvalue weighted by atomic mass is 10.0. The first-order valence-corrected chi connectivity index (χ1v) is 8.82. The Hall–Kier alpha value is -1.74. The van der Waals surface area contributed by atoms with E-state index >= 15 is 0 Å². The van der Waals surface area contributed by atoms with E-state index in [0.29, 0.717) is 5.75 Å². The summed E-state index contributed by atoms with van der Waals surface area (Å²) in [5.41, 5.74) is 3.75. The van der Waals surface area contributed by atoms with Gasteiger partial charge in [-0.15, -0.1) is 11.8 Å². The van der Waals surface area contributed by atoms with Gasteiger partial charge in [0.25, 0.3) is 0 Å². The second-order valence-electron chi connectivity index (χ2n) is 5.36. The summed E-state index contributed by atoms with van der Waals surface area (Å²) in [6, 6.07) is 18.6. The van der Waals surface area contributed by atoms with Crippen LogP contribution in [0.25, 0.3) is 0 Å². The molecule has 2 nitrogen and oxygen atoms in total. The summed E-state index contributed by atoms with van der Waals surface area (Å²) >= 11 is 1.66. The van der Waals surface area contributed by atoms with Crippen molar-refractivity contribution in [3.63, 3.8) is 0 Å². The van der Waals surface area contributed by atoms with Crippen LogP contribution >= 0.6 is 11.8 Å². The van der Waals surface area contributed by atoms with Gasteiger partial charge in [0.2, 0.25) is 5.91 Å². The van der Waals surface area contributed by atoms with E-state index in [9.17, 15) is 4.79 Å². The Morgan fingerprint density at radius 2 is 1.77 bits per heavy atom. The molecule has 0 bridgehead atoms. The van der Waals surface area contributed by atoms with Crippen molar-refractivity contribution >= 4 is 17.7 Å². The van der Waals surface area contributed by atoms with E-state index < -0.39 is 0 Å². The zero-order valence-corrected chi connectivity index (χ0v) is 14.0. The quantitative estimate of drug-likeness (QED) is 0.815. The molecule has 1 N–H and O–H groups in total. The highest BCUT2D eigenvalue weighted by Gasteiger charge is 2.12. The van der Waals surface area contributed by atoms with Crippen molar-refractivity contribution in [1.29, 1.82) is 0 Å². The molecule has 0 aliphatic rings. The van der Waals surface area contributed by atoms with E-state index in [4.69, 9.17) is 0 Å². The molecule has 0 radical (unpaired) electrons. The fourth-order valence-electron chi connectivity index (χ4n) is 2.37. The molecule has 2 aromatic carbocycles. The topological polar surface area (TPSA) is 29.1 Å². The van der Waals surface area contributed by atoms with E-state index in [-0.39, 0.29) is 11.9 Å². The molecule has 2 aromatic rings. The van der Waals surface area contributed by atoms with Crippen LogP contribution in [0.15, 0.2) is 54.6 Å². The third-order valence-corrected chi connectivity index (χ3v) is 4.68. The maximum Gasteiger partial charge on any atom is 0.230 e. The summed E-state index contributed by atoms with van der Waals surface area (Å²) in [5.74, 6) is 1.48. The monoisotopic (exact) mass is 313 g/mol. The van der Waals surface area contributed by atoms with Gasteiger partial charge < -0.3 is 5.32 Å². The highest BCUT2D eigenvalue weighted by molar-refractivity contribution is 7.99. The van der Waals surface area contributed by atoms with E-state index in [0.717, 1.165) is 12.2 Å². The molecule has 0 aliphatic heterocycles. The van der Waals surface area contributed by atoms with Crippen molar-refractivity contribution in [3.8, 4) is 0 Å². The molecule has 0 saturated carbocycles.